The zero-order valence-corrected chi connectivity index (χ0v) is 7.76. The summed E-state index contributed by atoms with van der Waals surface area (Å²) in [5.41, 5.74) is 5.44. The van der Waals surface area contributed by atoms with Gasteiger partial charge in [0.2, 0.25) is 0 Å². The highest BCUT2D eigenvalue weighted by atomic mass is 16.1. The van der Waals surface area contributed by atoms with Crippen molar-refractivity contribution < 1.29 is 4.79 Å². The molecule has 0 saturated carbocycles. The quantitative estimate of drug-likeness (QED) is 0.660. The maximum atomic E-state index is 11.1. The molecular formula is C9H19NO. The van der Waals surface area contributed by atoms with Crippen molar-refractivity contribution in [3.05, 3.63) is 0 Å². The van der Waals surface area contributed by atoms with Gasteiger partial charge in [-0.15, -0.1) is 0 Å². The van der Waals surface area contributed by atoms with E-state index in [2.05, 4.69) is 13.8 Å². The van der Waals surface area contributed by atoms with Crippen molar-refractivity contribution in [1.82, 2.24) is 0 Å². The molecule has 2 nitrogen and oxygen atoms in total. The molecule has 2 heteroatoms. The van der Waals surface area contributed by atoms with Crippen LogP contribution >= 0.6 is 0 Å². The van der Waals surface area contributed by atoms with Gasteiger partial charge in [0.05, 0.1) is 6.04 Å². The van der Waals surface area contributed by atoms with Crippen LogP contribution in [-0.4, -0.2) is 11.8 Å². The molecular weight excluding hydrogens is 138 g/mol. The van der Waals surface area contributed by atoms with Crippen molar-refractivity contribution in [2.45, 2.75) is 46.1 Å². The molecule has 0 fully saturated rings. The van der Waals surface area contributed by atoms with Crippen molar-refractivity contribution in [1.29, 1.82) is 0 Å². The highest BCUT2D eigenvalue weighted by molar-refractivity contribution is 5.83. The topological polar surface area (TPSA) is 43.1 Å². The lowest BCUT2D eigenvalue weighted by molar-refractivity contribution is -0.120. The van der Waals surface area contributed by atoms with Crippen LogP contribution in [-0.2, 0) is 4.79 Å². The van der Waals surface area contributed by atoms with Gasteiger partial charge in [-0.2, -0.15) is 0 Å². The third-order valence-electron chi connectivity index (χ3n) is 2.15. The third-order valence-corrected chi connectivity index (χ3v) is 2.15. The smallest absolute Gasteiger partial charge is 0.149 e. The van der Waals surface area contributed by atoms with Crippen molar-refractivity contribution in [2.24, 2.45) is 11.7 Å². The molecule has 0 aromatic heterocycles. The van der Waals surface area contributed by atoms with Crippen LogP contribution < -0.4 is 5.73 Å². The molecule has 0 aliphatic rings. The van der Waals surface area contributed by atoms with Gasteiger partial charge in [-0.1, -0.05) is 26.7 Å². The summed E-state index contributed by atoms with van der Waals surface area (Å²) in [6, 6.07) is -0.282. The molecule has 1 atom stereocenters. The highest BCUT2D eigenvalue weighted by Gasteiger charge is 2.12. The van der Waals surface area contributed by atoms with Gasteiger partial charge in [0, 0.05) is 6.42 Å². The molecule has 0 aliphatic heterocycles. The van der Waals surface area contributed by atoms with Crippen LogP contribution in [0.5, 0.6) is 0 Å². The fourth-order valence-electron chi connectivity index (χ4n) is 1.05. The molecule has 0 radical (unpaired) electrons. The van der Waals surface area contributed by atoms with Gasteiger partial charge in [0.1, 0.15) is 5.78 Å². The van der Waals surface area contributed by atoms with E-state index in [0.29, 0.717) is 12.3 Å². The molecule has 0 spiro atoms. The standard InChI is InChI=1S/C9H19NO/c1-4-8(5-2)6-9(11)7(3)10/h7-8H,4-6,10H2,1-3H3. The number of ketones is 1. The number of Topliss-reactive ketones (excluding diaryl/α,β-unsaturated/α-hetero) is 1. The summed E-state index contributed by atoms with van der Waals surface area (Å²) in [6.45, 7) is 5.98. The summed E-state index contributed by atoms with van der Waals surface area (Å²) < 4.78 is 0. The van der Waals surface area contributed by atoms with Crippen LogP contribution in [0.4, 0.5) is 0 Å². The molecule has 0 aliphatic carbocycles. The van der Waals surface area contributed by atoms with E-state index in [1.165, 1.54) is 0 Å². The first kappa shape index (κ1) is 10.6. The van der Waals surface area contributed by atoms with Crippen LogP contribution in [0.1, 0.15) is 40.0 Å². The Hall–Kier alpha value is -0.370. The van der Waals surface area contributed by atoms with Gasteiger partial charge in [0.25, 0.3) is 0 Å². The van der Waals surface area contributed by atoms with Gasteiger partial charge >= 0.3 is 0 Å². The monoisotopic (exact) mass is 157 g/mol. The van der Waals surface area contributed by atoms with Crippen molar-refractivity contribution >= 4 is 5.78 Å². The fourth-order valence-corrected chi connectivity index (χ4v) is 1.05. The molecule has 11 heavy (non-hydrogen) atoms. The van der Waals surface area contributed by atoms with Crippen molar-refractivity contribution in [3.63, 3.8) is 0 Å². The van der Waals surface area contributed by atoms with Crippen molar-refractivity contribution in [2.75, 3.05) is 0 Å². The summed E-state index contributed by atoms with van der Waals surface area (Å²) in [5.74, 6) is 0.729. The lowest BCUT2D eigenvalue weighted by Crippen LogP contribution is -2.28. The Morgan fingerprint density at radius 2 is 1.82 bits per heavy atom. The first-order valence-corrected chi connectivity index (χ1v) is 4.40. The summed E-state index contributed by atoms with van der Waals surface area (Å²) >= 11 is 0. The zero-order valence-electron chi connectivity index (χ0n) is 7.76. The Labute approximate surface area is 69.2 Å². The summed E-state index contributed by atoms with van der Waals surface area (Å²) in [6.07, 6.45) is 2.81. The Kier molecular flexibility index (Phi) is 5.12. The van der Waals surface area contributed by atoms with Crippen molar-refractivity contribution in [3.8, 4) is 0 Å². The molecule has 0 rings (SSSR count). The maximum absolute atomic E-state index is 11.1. The number of carbonyl (C=O) groups excluding carboxylic acids is 1. The van der Waals surface area contributed by atoms with E-state index in [0.717, 1.165) is 12.8 Å². The Bertz CT molecular complexity index is 117. The van der Waals surface area contributed by atoms with Gasteiger partial charge in [-0.25, -0.2) is 0 Å². The average Bonchev–Trinajstić information content (AvgIpc) is 1.99. The molecule has 0 bridgehead atoms. The van der Waals surface area contributed by atoms with Crippen LogP contribution in [0, 0.1) is 5.92 Å². The first-order chi connectivity index (χ1) is 5.11. The Morgan fingerprint density at radius 1 is 1.36 bits per heavy atom. The summed E-state index contributed by atoms with van der Waals surface area (Å²) in [5, 5.41) is 0. The summed E-state index contributed by atoms with van der Waals surface area (Å²) in [4.78, 5) is 11.1. The van der Waals surface area contributed by atoms with Crippen LogP contribution in [0.25, 0.3) is 0 Å². The number of rotatable bonds is 5. The van der Waals surface area contributed by atoms with E-state index in [1.807, 2.05) is 0 Å². The largest absolute Gasteiger partial charge is 0.322 e. The van der Waals surface area contributed by atoms with Gasteiger partial charge < -0.3 is 5.73 Å². The minimum absolute atomic E-state index is 0.193. The van der Waals surface area contributed by atoms with E-state index >= 15 is 0 Å². The molecule has 0 amide bonds. The SMILES string of the molecule is CCC(CC)CC(=O)C(C)N. The maximum Gasteiger partial charge on any atom is 0.149 e. The van der Waals surface area contributed by atoms with E-state index in [-0.39, 0.29) is 11.8 Å². The molecule has 0 aromatic rings. The Balaban J connectivity index is 3.72. The predicted molar refractivity (Wildman–Crippen MR) is 47.3 cm³/mol. The number of carbonyl (C=O) groups is 1. The van der Waals surface area contributed by atoms with Gasteiger partial charge in [-0.05, 0) is 12.8 Å². The van der Waals surface area contributed by atoms with E-state index in [4.69, 9.17) is 5.73 Å². The predicted octanol–water partition coefficient (Wildman–Crippen LogP) is 1.73. The van der Waals surface area contributed by atoms with E-state index in [1.54, 1.807) is 6.92 Å². The average molecular weight is 157 g/mol. The van der Waals surface area contributed by atoms with Gasteiger partial charge in [0.15, 0.2) is 0 Å². The molecule has 0 saturated heterocycles. The molecule has 1 unspecified atom stereocenters. The number of hydrogen-bond acceptors (Lipinski definition) is 2. The molecule has 0 heterocycles. The van der Waals surface area contributed by atoms with Crippen LogP contribution in [0.15, 0.2) is 0 Å². The minimum Gasteiger partial charge on any atom is -0.322 e. The Morgan fingerprint density at radius 3 is 2.09 bits per heavy atom. The molecule has 66 valence electrons. The lowest BCUT2D eigenvalue weighted by Gasteiger charge is -2.12. The molecule has 2 N–H and O–H groups in total. The van der Waals surface area contributed by atoms with E-state index in [9.17, 15) is 4.79 Å². The zero-order chi connectivity index (χ0) is 8.85. The second-order valence-corrected chi connectivity index (χ2v) is 3.14. The normalized spacial score (nSPS) is 13.5. The van der Waals surface area contributed by atoms with Gasteiger partial charge in [-0.3, -0.25) is 4.79 Å². The minimum atomic E-state index is -0.282. The number of hydrogen-bond donors (Lipinski definition) is 1. The number of nitrogens with two attached hydrogens (primary N) is 1. The van der Waals surface area contributed by atoms with Crippen LogP contribution in [0.2, 0.25) is 0 Å². The second-order valence-electron chi connectivity index (χ2n) is 3.14. The first-order valence-electron chi connectivity index (χ1n) is 4.40. The second kappa shape index (κ2) is 5.30. The lowest BCUT2D eigenvalue weighted by atomic mass is 9.95. The van der Waals surface area contributed by atoms with E-state index < -0.39 is 0 Å². The highest BCUT2D eigenvalue weighted by Crippen LogP contribution is 2.13. The van der Waals surface area contributed by atoms with Crippen LogP contribution in [0.3, 0.4) is 0 Å². The molecule has 0 aromatic carbocycles. The summed E-state index contributed by atoms with van der Waals surface area (Å²) in [7, 11) is 0. The third kappa shape index (κ3) is 4.14. The fraction of sp³-hybridized carbons (Fsp3) is 0.889.